The van der Waals surface area contributed by atoms with E-state index in [1.807, 2.05) is 24.3 Å². The minimum absolute atomic E-state index is 0.286. The van der Waals surface area contributed by atoms with Gasteiger partial charge in [-0.25, -0.2) is 4.79 Å². The summed E-state index contributed by atoms with van der Waals surface area (Å²) in [5.41, 5.74) is 8.55. The van der Waals surface area contributed by atoms with E-state index in [9.17, 15) is 14.9 Å². The molecule has 6 nitrogen and oxygen atoms in total. The maximum Gasteiger partial charge on any atom is 0.338 e. The number of nitrogens with two attached hydrogens (primary N) is 1. The fourth-order valence-electron chi connectivity index (χ4n) is 4.06. The van der Waals surface area contributed by atoms with E-state index in [2.05, 4.69) is 11.0 Å². The lowest BCUT2D eigenvalue weighted by molar-refractivity contribution is -0.119. The number of amides is 1. The Morgan fingerprint density at radius 2 is 1.77 bits per heavy atom. The predicted molar refractivity (Wildman–Crippen MR) is 115 cm³/mol. The molecule has 156 valence electrons. The number of hydrogen-bond donors (Lipinski definition) is 1. The summed E-state index contributed by atoms with van der Waals surface area (Å²) in [5.74, 6) is -2.54. The summed E-state index contributed by atoms with van der Waals surface area (Å²) in [6.45, 7) is 3.90. The molecule has 0 saturated carbocycles. The van der Waals surface area contributed by atoms with Crippen LogP contribution in [0.1, 0.15) is 59.5 Å². The second-order valence-corrected chi connectivity index (χ2v) is 7.44. The number of para-hydroxylation sites is 1. The molecule has 2 N–H and O–H groups in total. The van der Waals surface area contributed by atoms with Gasteiger partial charge in [0, 0.05) is 18.8 Å². The van der Waals surface area contributed by atoms with Crippen LogP contribution in [0.2, 0.25) is 0 Å². The number of primary amides is 1. The van der Waals surface area contributed by atoms with Crippen molar-refractivity contribution in [2.75, 3.05) is 24.6 Å². The monoisotopic (exact) mass is 405 g/mol. The molecule has 2 unspecified atom stereocenters. The third kappa shape index (κ3) is 4.62. The molecule has 3 rings (SSSR count). The van der Waals surface area contributed by atoms with Crippen molar-refractivity contribution in [3.05, 3.63) is 65.2 Å². The second-order valence-electron chi connectivity index (χ2n) is 7.44. The molecule has 6 heteroatoms. The van der Waals surface area contributed by atoms with E-state index in [-0.39, 0.29) is 6.61 Å². The fraction of sp³-hybridized carbons (Fsp3) is 0.375. The normalized spacial score (nSPS) is 15.7. The number of anilines is 1. The summed E-state index contributed by atoms with van der Waals surface area (Å²) >= 11 is 0. The molecule has 1 aliphatic rings. The van der Waals surface area contributed by atoms with Crippen LogP contribution in [0.4, 0.5) is 5.69 Å². The summed E-state index contributed by atoms with van der Waals surface area (Å²) < 4.78 is 5.01. The molecule has 0 spiro atoms. The number of hydrogen-bond acceptors (Lipinski definition) is 5. The number of rotatable bonds is 7. The molecule has 0 aromatic heterocycles. The number of nitriles is 1. The molecule has 0 bridgehead atoms. The minimum Gasteiger partial charge on any atom is -0.462 e. The fourth-order valence-corrected chi connectivity index (χ4v) is 4.06. The molecule has 1 heterocycles. The number of esters is 1. The van der Waals surface area contributed by atoms with Crippen LogP contribution in [-0.2, 0) is 9.53 Å². The van der Waals surface area contributed by atoms with Gasteiger partial charge in [-0.05, 0) is 55.5 Å². The standard InChI is InChI=1S/C24H27N3O3/c1-2-30-24(29)18-12-10-17(11-13-18)22(23(26)28)20(16-25)19-8-4-5-9-21(19)27-14-6-3-7-15-27/h4-5,8-13,20,22H,2-3,6-7,14-15H2,1H3,(H2,26,28). The molecule has 30 heavy (non-hydrogen) atoms. The number of carbonyl (C=O) groups is 2. The number of ether oxygens (including phenoxy) is 1. The second kappa shape index (κ2) is 9.93. The number of nitrogens with zero attached hydrogens (tertiary/aromatic N) is 2. The highest BCUT2D eigenvalue weighted by Gasteiger charge is 2.32. The van der Waals surface area contributed by atoms with E-state index >= 15 is 0 Å². The van der Waals surface area contributed by atoms with Gasteiger partial charge in [0.2, 0.25) is 5.91 Å². The van der Waals surface area contributed by atoms with E-state index in [0.717, 1.165) is 37.2 Å². The molecular weight excluding hydrogens is 378 g/mol. The zero-order valence-electron chi connectivity index (χ0n) is 17.2. The Labute approximate surface area is 177 Å². The number of piperidine rings is 1. The van der Waals surface area contributed by atoms with E-state index in [4.69, 9.17) is 10.5 Å². The predicted octanol–water partition coefficient (Wildman–Crippen LogP) is 3.73. The van der Waals surface area contributed by atoms with Crippen LogP contribution in [0.5, 0.6) is 0 Å². The zero-order valence-corrected chi connectivity index (χ0v) is 17.2. The summed E-state index contributed by atoms with van der Waals surface area (Å²) in [6.07, 6.45) is 3.43. The zero-order chi connectivity index (χ0) is 21.5. The maximum absolute atomic E-state index is 12.4. The summed E-state index contributed by atoms with van der Waals surface area (Å²) in [5, 5.41) is 10.0. The largest absolute Gasteiger partial charge is 0.462 e. The third-order valence-corrected chi connectivity index (χ3v) is 5.53. The van der Waals surface area contributed by atoms with Crippen molar-refractivity contribution in [1.82, 2.24) is 0 Å². The summed E-state index contributed by atoms with van der Waals surface area (Å²) in [6, 6.07) is 16.6. The quantitative estimate of drug-likeness (QED) is 0.708. The van der Waals surface area contributed by atoms with Crippen LogP contribution < -0.4 is 10.6 Å². The van der Waals surface area contributed by atoms with Crippen molar-refractivity contribution < 1.29 is 14.3 Å². The van der Waals surface area contributed by atoms with Crippen LogP contribution in [0, 0.1) is 11.3 Å². The van der Waals surface area contributed by atoms with Crippen LogP contribution in [-0.4, -0.2) is 31.6 Å². The minimum atomic E-state index is -0.822. The average molecular weight is 405 g/mol. The first-order valence-corrected chi connectivity index (χ1v) is 10.4. The van der Waals surface area contributed by atoms with Gasteiger partial charge >= 0.3 is 5.97 Å². The Hall–Kier alpha value is -3.33. The molecule has 0 aliphatic carbocycles. The van der Waals surface area contributed by atoms with E-state index < -0.39 is 23.7 Å². The van der Waals surface area contributed by atoms with E-state index in [1.165, 1.54) is 6.42 Å². The topological polar surface area (TPSA) is 96.4 Å². The molecular formula is C24H27N3O3. The lowest BCUT2D eigenvalue weighted by Gasteiger charge is -2.32. The molecule has 1 fully saturated rings. The number of benzene rings is 2. The summed E-state index contributed by atoms with van der Waals surface area (Å²) in [4.78, 5) is 26.7. The Balaban J connectivity index is 1.97. The lowest BCUT2D eigenvalue weighted by atomic mass is 9.80. The van der Waals surface area contributed by atoms with Crippen LogP contribution in [0.25, 0.3) is 0 Å². The molecule has 1 saturated heterocycles. The third-order valence-electron chi connectivity index (χ3n) is 5.53. The van der Waals surface area contributed by atoms with Gasteiger partial charge in [0.25, 0.3) is 0 Å². The van der Waals surface area contributed by atoms with Gasteiger partial charge in [0.15, 0.2) is 0 Å². The molecule has 2 aromatic rings. The van der Waals surface area contributed by atoms with Crippen LogP contribution >= 0.6 is 0 Å². The van der Waals surface area contributed by atoms with Gasteiger partial charge in [-0.3, -0.25) is 4.79 Å². The van der Waals surface area contributed by atoms with Crippen molar-refractivity contribution in [3.63, 3.8) is 0 Å². The van der Waals surface area contributed by atoms with Crippen molar-refractivity contribution in [3.8, 4) is 6.07 Å². The van der Waals surface area contributed by atoms with Gasteiger partial charge in [-0.2, -0.15) is 5.26 Å². The van der Waals surface area contributed by atoms with Crippen molar-refractivity contribution >= 4 is 17.6 Å². The highest BCUT2D eigenvalue weighted by molar-refractivity contribution is 5.90. The Bertz CT molecular complexity index is 927. The van der Waals surface area contributed by atoms with Crippen LogP contribution in [0.15, 0.2) is 48.5 Å². The maximum atomic E-state index is 12.4. The Kier molecular flexibility index (Phi) is 7.08. The Morgan fingerprint density at radius 1 is 1.10 bits per heavy atom. The van der Waals surface area contributed by atoms with Gasteiger partial charge < -0.3 is 15.4 Å². The van der Waals surface area contributed by atoms with Gasteiger partial charge in [-0.1, -0.05) is 30.3 Å². The van der Waals surface area contributed by atoms with Crippen molar-refractivity contribution in [2.24, 2.45) is 5.73 Å². The first-order chi connectivity index (χ1) is 14.6. The Morgan fingerprint density at radius 3 is 2.37 bits per heavy atom. The lowest BCUT2D eigenvalue weighted by Crippen LogP contribution is -2.32. The smallest absolute Gasteiger partial charge is 0.338 e. The van der Waals surface area contributed by atoms with Crippen molar-refractivity contribution in [1.29, 1.82) is 5.26 Å². The average Bonchev–Trinajstić information content (AvgIpc) is 2.78. The molecule has 1 aliphatic heterocycles. The summed E-state index contributed by atoms with van der Waals surface area (Å²) in [7, 11) is 0. The molecule has 0 radical (unpaired) electrons. The van der Waals surface area contributed by atoms with Gasteiger partial charge in [-0.15, -0.1) is 0 Å². The highest BCUT2D eigenvalue weighted by Crippen LogP contribution is 2.38. The number of carbonyl (C=O) groups excluding carboxylic acids is 2. The SMILES string of the molecule is CCOC(=O)c1ccc(C(C(N)=O)C(C#N)c2ccccc2N2CCCCC2)cc1. The van der Waals surface area contributed by atoms with E-state index in [1.54, 1.807) is 31.2 Å². The first-order valence-electron chi connectivity index (χ1n) is 10.4. The molecule has 1 amide bonds. The molecule has 2 aromatic carbocycles. The van der Waals surface area contributed by atoms with Crippen LogP contribution in [0.3, 0.4) is 0 Å². The van der Waals surface area contributed by atoms with Crippen molar-refractivity contribution in [2.45, 2.75) is 38.0 Å². The van der Waals surface area contributed by atoms with Gasteiger partial charge in [0.05, 0.1) is 30.1 Å². The first kappa shape index (κ1) is 21.4. The van der Waals surface area contributed by atoms with Gasteiger partial charge in [0.1, 0.15) is 0 Å². The van der Waals surface area contributed by atoms with E-state index in [0.29, 0.717) is 11.1 Å². The molecule has 2 atom stereocenters. The highest BCUT2D eigenvalue weighted by atomic mass is 16.5.